The average Bonchev–Trinajstić information content (AvgIpc) is 3.24. The molecule has 1 atom stereocenters. The fourth-order valence-electron chi connectivity index (χ4n) is 2.92. The molecule has 1 heterocycles. The van der Waals surface area contributed by atoms with Gasteiger partial charge in [0.15, 0.2) is 5.96 Å². The molecular weight excluding hydrogens is 441 g/mol. The highest BCUT2D eigenvalue weighted by Gasteiger charge is 2.28. The number of aliphatic imine (C=N–C) groups is 1. The topological polar surface area (TPSA) is 48.9 Å². The molecule has 2 N–H and O–H groups in total. The molecule has 1 saturated carbocycles. The Hall–Kier alpha value is -1.32. The SMILES string of the molecule is CCN=C(NC1CC1)NC1CCN(c2ccccc2OC(F)F)C1.I. The highest BCUT2D eigenvalue weighted by molar-refractivity contribution is 14.0. The molecule has 8 heteroatoms. The third-order valence-corrected chi connectivity index (χ3v) is 4.19. The maximum Gasteiger partial charge on any atom is 0.387 e. The van der Waals surface area contributed by atoms with Gasteiger partial charge in [0.05, 0.1) is 5.69 Å². The second-order valence-electron chi connectivity index (χ2n) is 6.16. The fraction of sp³-hybridized carbons (Fsp3) is 0.588. The number of hydrogen-bond donors (Lipinski definition) is 2. The number of hydrogen-bond acceptors (Lipinski definition) is 3. The Labute approximate surface area is 164 Å². The van der Waals surface area contributed by atoms with Crippen molar-refractivity contribution in [2.24, 2.45) is 4.99 Å². The Morgan fingerprint density at radius 3 is 2.64 bits per heavy atom. The van der Waals surface area contributed by atoms with Crippen molar-refractivity contribution in [3.63, 3.8) is 0 Å². The smallest absolute Gasteiger partial charge is 0.387 e. The van der Waals surface area contributed by atoms with Gasteiger partial charge in [-0.3, -0.25) is 4.99 Å². The van der Waals surface area contributed by atoms with Crippen LogP contribution in [0.1, 0.15) is 26.2 Å². The van der Waals surface area contributed by atoms with Crippen molar-refractivity contribution >= 4 is 35.6 Å². The van der Waals surface area contributed by atoms with Crippen LogP contribution in [0, 0.1) is 0 Å². The summed E-state index contributed by atoms with van der Waals surface area (Å²) in [4.78, 5) is 6.55. The van der Waals surface area contributed by atoms with Gasteiger partial charge in [0.2, 0.25) is 0 Å². The van der Waals surface area contributed by atoms with E-state index in [-0.39, 0.29) is 35.8 Å². The zero-order valence-electron chi connectivity index (χ0n) is 14.3. The predicted molar refractivity (Wildman–Crippen MR) is 106 cm³/mol. The maximum atomic E-state index is 12.6. The van der Waals surface area contributed by atoms with Crippen molar-refractivity contribution in [2.45, 2.75) is 44.9 Å². The summed E-state index contributed by atoms with van der Waals surface area (Å²) in [6, 6.07) is 7.73. The zero-order chi connectivity index (χ0) is 16.9. The molecule has 1 saturated heterocycles. The number of benzene rings is 1. The molecule has 25 heavy (non-hydrogen) atoms. The van der Waals surface area contributed by atoms with Gasteiger partial charge < -0.3 is 20.3 Å². The van der Waals surface area contributed by atoms with Crippen LogP contribution in [-0.4, -0.2) is 44.3 Å². The van der Waals surface area contributed by atoms with Gasteiger partial charge in [-0.15, -0.1) is 24.0 Å². The first-order chi connectivity index (χ1) is 11.7. The van der Waals surface area contributed by atoms with Crippen molar-refractivity contribution in [2.75, 3.05) is 24.5 Å². The Morgan fingerprint density at radius 1 is 1.24 bits per heavy atom. The van der Waals surface area contributed by atoms with Crippen LogP contribution in [0.15, 0.2) is 29.3 Å². The first kappa shape index (κ1) is 20.0. The van der Waals surface area contributed by atoms with E-state index in [9.17, 15) is 8.78 Å². The number of anilines is 1. The lowest BCUT2D eigenvalue weighted by atomic mass is 10.2. The maximum absolute atomic E-state index is 12.6. The van der Waals surface area contributed by atoms with Crippen molar-refractivity contribution in [3.8, 4) is 5.75 Å². The molecule has 1 aliphatic heterocycles. The lowest BCUT2D eigenvalue weighted by molar-refractivity contribution is -0.0495. The summed E-state index contributed by atoms with van der Waals surface area (Å²) in [5.41, 5.74) is 0.714. The molecule has 1 unspecified atom stereocenters. The molecule has 2 aliphatic rings. The second-order valence-corrected chi connectivity index (χ2v) is 6.16. The molecule has 1 aromatic rings. The van der Waals surface area contributed by atoms with Crippen LogP contribution in [0.5, 0.6) is 5.75 Å². The molecule has 140 valence electrons. The lowest BCUT2D eigenvalue weighted by Gasteiger charge is -2.22. The number of para-hydroxylation sites is 2. The largest absolute Gasteiger partial charge is 0.433 e. The molecule has 2 fully saturated rings. The number of rotatable bonds is 6. The summed E-state index contributed by atoms with van der Waals surface area (Å²) in [5, 5.41) is 6.86. The molecule has 0 radical (unpaired) electrons. The van der Waals surface area contributed by atoms with Crippen LogP contribution in [-0.2, 0) is 0 Å². The standard InChI is InChI=1S/C17H24F2N4O.HI/c1-2-20-17(21-12-7-8-12)22-13-9-10-23(11-13)14-5-3-4-6-15(14)24-16(18)19;/h3-6,12-13,16H,2,7-11H2,1H3,(H2,20,21,22);1H. The van der Waals surface area contributed by atoms with E-state index in [0.29, 0.717) is 11.7 Å². The molecule has 5 nitrogen and oxygen atoms in total. The number of alkyl halides is 2. The van der Waals surface area contributed by atoms with Gasteiger partial charge in [-0.2, -0.15) is 8.78 Å². The van der Waals surface area contributed by atoms with Crippen LogP contribution in [0.4, 0.5) is 14.5 Å². The van der Waals surface area contributed by atoms with Crippen molar-refractivity contribution in [1.29, 1.82) is 0 Å². The minimum Gasteiger partial charge on any atom is -0.433 e. The van der Waals surface area contributed by atoms with E-state index in [1.54, 1.807) is 12.1 Å². The molecule has 1 aliphatic carbocycles. The van der Waals surface area contributed by atoms with Crippen molar-refractivity contribution in [1.82, 2.24) is 10.6 Å². The summed E-state index contributed by atoms with van der Waals surface area (Å²) >= 11 is 0. The van der Waals surface area contributed by atoms with E-state index in [1.165, 1.54) is 12.8 Å². The Balaban J connectivity index is 0.00000225. The van der Waals surface area contributed by atoms with Gasteiger partial charge >= 0.3 is 6.61 Å². The van der Waals surface area contributed by atoms with E-state index in [2.05, 4.69) is 25.3 Å². The van der Waals surface area contributed by atoms with Gasteiger partial charge in [-0.05, 0) is 38.3 Å². The molecule has 0 amide bonds. The number of ether oxygens (including phenoxy) is 1. The summed E-state index contributed by atoms with van der Waals surface area (Å²) in [5.74, 6) is 1.08. The fourth-order valence-corrected chi connectivity index (χ4v) is 2.92. The van der Waals surface area contributed by atoms with Crippen LogP contribution in [0.25, 0.3) is 0 Å². The number of nitrogens with zero attached hydrogens (tertiary/aromatic N) is 2. The highest BCUT2D eigenvalue weighted by atomic mass is 127. The Morgan fingerprint density at radius 2 is 1.96 bits per heavy atom. The molecule has 1 aromatic carbocycles. The summed E-state index contributed by atoms with van der Waals surface area (Å²) < 4.78 is 29.8. The van der Waals surface area contributed by atoms with Gasteiger partial charge in [-0.1, -0.05) is 12.1 Å². The van der Waals surface area contributed by atoms with E-state index in [1.807, 2.05) is 19.1 Å². The molecule has 0 bridgehead atoms. The van der Waals surface area contributed by atoms with E-state index in [4.69, 9.17) is 0 Å². The Bertz CT molecular complexity index is 584. The lowest BCUT2D eigenvalue weighted by Crippen LogP contribution is -2.45. The highest BCUT2D eigenvalue weighted by Crippen LogP contribution is 2.31. The Kier molecular flexibility index (Phi) is 7.52. The minimum absolute atomic E-state index is 0. The minimum atomic E-state index is -2.81. The predicted octanol–water partition coefficient (Wildman–Crippen LogP) is 3.20. The molecule has 0 spiro atoms. The van der Waals surface area contributed by atoms with Crippen LogP contribution in [0.2, 0.25) is 0 Å². The molecular formula is C17H25F2IN4O. The second kappa shape index (κ2) is 9.40. The third kappa shape index (κ3) is 5.86. The van der Waals surface area contributed by atoms with E-state index >= 15 is 0 Å². The third-order valence-electron chi connectivity index (χ3n) is 4.19. The van der Waals surface area contributed by atoms with Gasteiger partial charge in [0, 0.05) is 31.7 Å². The van der Waals surface area contributed by atoms with Crippen LogP contribution >= 0.6 is 24.0 Å². The van der Waals surface area contributed by atoms with Gasteiger partial charge in [0.1, 0.15) is 5.75 Å². The van der Waals surface area contributed by atoms with Crippen molar-refractivity contribution in [3.05, 3.63) is 24.3 Å². The van der Waals surface area contributed by atoms with E-state index < -0.39 is 6.61 Å². The molecule has 3 rings (SSSR count). The van der Waals surface area contributed by atoms with Crippen LogP contribution in [0.3, 0.4) is 0 Å². The quantitative estimate of drug-likeness (QED) is 0.384. The summed E-state index contributed by atoms with van der Waals surface area (Å²) in [7, 11) is 0. The number of halogens is 3. The van der Waals surface area contributed by atoms with E-state index in [0.717, 1.165) is 32.0 Å². The average molecular weight is 466 g/mol. The van der Waals surface area contributed by atoms with Crippen molar-refractivity contribution < 1.29 is 13.5 Å². The van der Waals surface area contributed by atoms with Gasteiger partial charge in [-0.25, -0.2) is 0 Å². The van der Waals surface area contributed by atoms with Crippen LogP contribution < -0.4 is 20.3 Å². The summed E-state index contributed by atoms with van der Waals surface area (Å²) in [6.45, 7) is 1.45. The zero-order valence-corrected chi connectivity index (χ0v) is 16.6. The first-order valence-corrected chi connectivity index (χ1v) is 8.52. The normalized spacial score (nSPS) is 20.4. The summed E-state index contributed by atoms with van der Waals surface area (Å²) in [6.07, 6.45) is 3.32. The first-order valence-electron chi connectivity index (χ1n) is 8.52. The number of nitrogens with one attached hydrogen (secondary N) is 2. The molecule has 0 aromatic heterocycles. The monoisotopic (exact) mass is 466 g/mol. The van der Waals surface area contributed by atoms with Gasteiger partial charge in [0.25, 0.3) is 0 Å². The number of guanidine groups is 1.